The zero-order valence-electron chi connectivity index (χ0n) is 12.8. The van der Waals surface area contributed by atoms with Gasteiger partial charge in [-0.1, -0.05) is 30.3 Å². The van der Waals surface area contributed by atoms with Crippen LogP contribution in [-0.2, 0) is 5.41 Å². The number of benzene rings is 2. The molecule has 0 aliphatic heterocycles. The molecule has 0 saturated carbocycles. The summed E-state index contributed by atoms with van der Waals surface area (Å²) in [7, 11) is 3.15. The second kappa shape index (κ2) is 6.00. The Bertz CT molecular complexity index is 630. The molecular weight excluding hydrogens is 264 g/mol. The van der Waals surface area contributed by atoms with Gasteiger partial charge in [0, 0.05) is 0 Å². The minimum Gasteiger partial charge on any atom is -0.497 e. The van der Waals surface area contributed by atoms with E-state index < -0.39 is 5.41 Å². The molecule has 0 bridgehead atoms. The predicted molar refractivity (Wildman–Crippen MR) is 83.3 cm³/mol. The number of rotatable bonds is 5. The number of methoxy groups -OCH3 is 2. The van der Waals surface area contributed by atoms with Gasteiger partial charge in [-0.15, -0.1) is 0 Å². The molecule has 2 rings (SSSR count). The average Bonchev–Trinajstić information content (AvgIpc) is 2.54. The van der Waals surface area contributed by atoms with E-state index >= 15 is 0 Å². The van der Waals surface area contributed by atoms with Crippen LogP contribution in [0.5, 0.6) is 11.5 Å². The SMILES string of the molecule is COc1ccc(OC)c(C(=O)C(C)(C)c2ccccc2)c1. The molecule has 3 heteroatoms. The molecule has 0 saturated heterocycles. The third kappa shape index (κ3) is 2.92. The number of ether oxygens (including phenoxy) is 2. The van der Waals surface area contributed by atoms with Crippen molar-refractivity contribution in [3.8, 4) is 11.5 Å². The molecule has 0 atom stereocenters. The summed E-state index contributed by atoms with van der Waals surface area (Å²) in [6, 6.07) is 15.0. The van der Waals surface area contributed by atoms with Gasteiger partial charge in [-0.3, -0.25) is 4.79 Å². The van der Waals surface area contributed by atoms with Crippen LogP contribution < -0.4 is 9.47 Å². The summed E-state index contributed by atoms with van der Waals surface area (Å²) in [5.41, 5.74) is 0.867. The van der Waals surface area contributed by atoms with E-state index in [2.05, 4.69) is 0 Å². The summed E-state index contributed by atoms with van der Waals surface area (Å²) < 4.78 is 10.5. The lowest BCUT2D eigenvalue weighted by Gasteiger charge is -2.25. The van der Waals surface area contributed by atoms with Gasteiger partial charge in [0.1, 0.15) is 11.5 Å². The van der Waals surface area contributed by atoms with Gasteiger partial charge in [0.15, 0.2) is 5.78 Å². The van der Waals surface area contributed by atoms with Crippen LogP contribution in [-0.4, -0.2) is 20.0 Å². The number of hydrogen-bond acceptors (Lipinski definition) is 3. The van der Waals surface area contributed by atoms with Crippen LogP contribution in [0.4, 0.5) is 0 Å². The molecule has 0 heterocycles. The maximum absolute atomic E-state index is 13.0. The fraction of sp³-hybridized carbons (Fsp3) is 0.278. The van der Waals surface area contributed by atoms with Crippen LogP contribution in [0.2, 0.25) is 0 Å². The van der Waals surface area contributed by atoms with Gasteiger partial charge in [-0.05, 0) is 37.6 Å². The van der Waals surface area contributed by atoms with E-state index in [-0.39, 0.29) is 5.78 Å². The molecule has 0 amide bonds. The van der Waals surface area contributed by atoms with Crippen molar-refractivity contribution in [2.75, 3.05) is 14.2 Å². The first-order valence-electron chi connectivity index (χ1n) is 6.83. The average molecular weight is 284 g/mol. The van der Waals surface area contributed by atoms with Crippen molar-refractivity contribution in [3.05, 3.63) is 59.7 Å². The third-order valence-electron chi connectivity index (χ3n) is 3.71. The van der Waals surface area contributed by atoms with Crippen molar-refractivity contribution >= 4 is 5.78 Å². The number of carbonyl (C=O) groups excluding carboxylic acids is 1. The Labute approximate surface area is 125 Å². The van der Waals surface area contributed by atoms with Gasteiger partial charge in [0.25, 0.3) is 0 Å². The largest absolute Gasteiger partial charge is 0.497 e. The summed E-state index contributed by atoms with van der Waals surface area (Å²) in [6.07, 6.45) is 0. The monoisotopic (exact) mass is 284 g/mol. The Balaban J connectivity index is 2.48. The summed E-state index contributed by atoms with van der Waals surface area (Å²) >= 11 is 0. The Morgan fingerprint density at radius 1 is 0.952 bits per heavy atom. The normalized spacial score (nSPS) is 11.0. The lowest BCUT2D eigenvalue weighted by Crippen LogP contribution is -2.29. The number of Topliss-reactive ketones (excluding diaryl/α,β-unsaturated/α-hetero) is 1. The Hall–Kier alpha value is -2.29. The number of ketones is 1. The molecule has 2 aromatic rings. The highest BCUT2D eigenvalue weighted by Gasteiger charge is 2.32. The minimum atomic E-state index is -0.638. The zero-order chi connectivity index (χ0) is 15.5. The lowest BCUT2D eigenvalue weighted by molar-refractivity contribution is 0.0905. The van der Waals surface area contributed by atoms with Gasteiger partial charge < -0.3 is 9.47 Å². The van der Waals surface area contributed by atoms with E-state index in [1.807, 2.05) is 44.2 Å². The first-order valence-corrected chi connectivity index (χ1v) is 6.83. The smallest absolute Gasteiger partial charge is 0.176 e. The van der Waals surface area contributed by atoms with E-state index in [0.717, 1.165) is 5.56 Å². The highest BCUT2D eigenvalue weighted by atomic mass is 16.5. The Morgan fingerprint density at radius 3 is 2.19 bits per heavy atom. The fourth-order valence-corrected chi connectivity index (χ4v) is 2.31. The molecule has 2 aromatic carbocycles. The Kier molecular flexibility index (Phi) is 4.32. The highest BCUT2D eigenvalue weighted by molar-refractivity contribution is 6.05. The standard InChI is InChI=1S/C18H20O3/c1-18(2,13-8-6-5-7-9-13)17(19)15-12-14(20-3)10-11-16(15)21-4/h5-12H,1-4H3. The first-order chi connectivity index (χ1) is 10.0. The summed E-state index contributed by atoms with van der Waals surface area (Å²) in [5.74, 6) is 1.21. The van der Waals surface area contributed by atoms with Crippen LogP contribution in [0.25, 0.3) is 0 Å². The van der Waals surface area contributed by atoms with E-state index in [9.17, 15) is 4.79 Å². The second-order valence-corrected chi connectivity index (χ2v) is 5.39. The van der Waals surface area contributed by atoms with Crippen LogP contribution in [0.1, 0.15) is 29.8 Å². The zero-order valence-corrected chi connectivity index (χ0v) is 12.8. The van der Waals surface area contributed by atoms with Crippen LogP contribution in [0.3, 0.4) is 0 Å². The van der Waals surface area contributed by atoms with Gasteiger partial charge in [-0.2, -0.15) is 0 Å². The van der Waals surface area contributed by atoms with Gasteiger partial charge in [0.05, 0.1) is 25.2 Å². The van der Waals surface area contributed by atoms with E-state index in [1.54, 1.807) is 32.4 Å². The summed E-state index contributed by atoms with van der Waals surface area (Å²) in [5, 5.41) is 0. The molecule has 0 aliphatic rings. The molecule has 0 spiro atoms. The molecule has 0 fully saturated rings. The Morgan fingerprint density at radius 2 is 1.62 bits per heavy atom. The van der Waals surface area contributed by atoms with Gasteiger partial charge >= 0.3 is 0 Å². The van der Waals surface area contributed by atoms with Crippen molar-refractivity contribution in [1.82, 2.24) is 0 Å². The maximum atomic E-state index is 13.0. The topological polar surface area (TPSA) is 35.5 Å². The molecule has 0 N–H and O–H groups in total. The van der Waals surface area contributed by atoms with Crippen LogP contribution in [0, 0.1) is 0 Å². The minimum absolute atomic E-state index is 0.00412. The maximum Gasteiger partial charge on any atom is 0.176 e. The first kappa shape index (κ1) is 15.1. The van der Waals surface area contributed by atoms with E-state index in [1.165, 1.54) is 0 Å². The van der Waals surface area contributed by atoms with Crippen molar-refractivity contribution in [2.24, 2.45) is 0 Å². The van der Waals surface area contributed by atoms with Crippen LogP contribution >= 0.6 is 0 Å². The molecule has 0 aromatic heterocycles. The highest BCUT2D eigenvalue weighted by Crippen LogP contribution is 2.33. The fourth-order valence-electron chi connectivity index (χ4n) is 2.31. The molecule has 0 radical (unpaired) electrons. The molecule has 21 heavy (non-hydrogen) atoms. The molecule has 0 aliphatic carbocycles. The third-order valence-corrected chi connectivity index (χ3v) is 3.71. The molecule has 3 nitrogen and oxygen atoms in total. The quantitative estimate of drug-likeness (QED) is 0.782. The van der Waals surface area contributed by atoms with Crippen molar-refractivity contribution in [3.63, 3.8) is 0 Å². The number of carbonyl (C=O) groups is 1. The van der Waals surface area contributed by atoms with Crippen molar-refractivity contribution < 1.29 is 14.3 Å². The molecule has 0 unspecified atom stereocenters. The van der Waals surface area contributed by atoms with Crippen molar-refractivity contribution in [1.29, 1.82) is 0 Å². The second-order valence-electron chi connectivity index (χ2n) is 5.39. The molecular formula is C18H20O3. The van der Waals surface area contributed by atoms with Crippen molar-refractivity contribution in [2.45, 2.75) is 19.3 Å². The lowest BCUT2D eigenvalue weighted by atomic mass is 9.78. The van der Waals surface area contributed by atoms with Gasteiger partial charge in [0.2, 0.25) is 0 Å². The van der Waals surface area contributed by atoms with E-state index in [0.29, 0.717) is 17.1 Å². The summed E-state index contributed by atoms with van der Waals surface area (Å²) in [4.78, 5) is 13.0. The van der Waals surface area contributed by atoms with E-state index in [4.69, 9.17) is 9.47 Å². The molecule has 110 valence electrons. The number of hydrogen-bond donors (Lipinski definition) is 0. The van der Waals surface area contributed by atoms with Crippen LogP contribution in [0.15, 0.2) is 48.5 Å². The summed E-state index contributed by atoms with van der Waals surface area (Å²) in [6.45, 7) is 3.84. The predicted octanol–water partition coefficient (Wildman–Crippen LogP) is 3.86. The van der Waals surface area contributed by atoms with Gasteiger partial charge in [-0.25, -0.2) is 0 Å².